The van der Waals surface area contributed by atoms with Crippen LogP contribution < -0.4 is 0 Å². The van der Waals surface area contributed by atoms with E-state index < -0.39 is 0 Å². The van der Waals surface area contributed by atoms with Gasteiger partial charge in [-0.1, -0.05) is 24.6 Å². The third-order valence-electron chi connectivity index (χ3n) is 3.17. The van der Waals surface area contributed by atoms with Gasteiger partial charge >= 0.3 is 0 Å². The Hall–Kier alpha value is -1.90. The van der Waals surface area contributed by atoms with Gasteiger partial charge in [-0.2, -0.15) is 0 Å². The summed E-state index contributed by atoms with van der Waals surface area (Å²) >= 11 is 0. The van der Waals surface area contributed by atoms with Gasteiger partial charge in [0.2, 0.25) is 0 Å². The summed E-state index contributed by atoms with van der Waals surface area (Å²) in [4.78, 5) is 25.4. The van der Waals surface area contributed by atoms with Crippen molar-refractivity contribution in [2.45, 2.75) is 25.7 Å². The Morgan fingerprint density at radius 1 is 1.00 bits per heavy atom. The molecule has 3 heteroatoms. The molecule has 0 saturated heterocycles. The van der Waals surface area contributed by atoms with E-state index in [-0.39, 0.29) is 11.8 Å². The van der Waals surface area contributed by atoms with Crippen LogP contribution in [0.15, 0.2) is 36.9 Å². The van der Waals surface area contributed by atoms with Crippen LogP contribution >= 0.6 is 0 Å². The van der Waals surface area contributed by atoms with Crippen molar-refractivity contribution < 1.29 is 9.59 Å². The molecule has 0 fully saturated rings. The number of rotatable bonds is 6. The maximum Gasteiger partial charge on any atom is 0.261 e. The Bertz CT molecular complexity index is 444. The summed E-state index contributed by atoms with van der Waals surface area (Å²) in [5.74, 6) is -0.307. The fraction of sp³-hybridized carbons (Fsp3) is 0.333. The molecule has 0 aliphatic carbocycles. The zero-order valence-electron chi connectivity index (χ0n) is 10.4. The van der Waals surface area contributed by atoms with E-state index in [0.717, 1.165) is 25.7 Å². The Morgan fingerprint density at radius 3 is 2.17 bits per heavy atom. The lowest BCUT2D eigenvalue weighted by Gasteiger charge is -2.13. The van der Waals surface area contributed by atoms with Gasteiger partial charge in [0.15, 0.2) is 0 Å². The Labute approximate surface area is 107 Å². The molecule has 0 spiro atoms. The van der Waals surface area contributed by atoms with Crippen LogP contribution in [0.3, 0.4) is 0 Å². The monoisotopic (exact) mass is 243 g/mol. The molecule has 0 radical (unpaired) electrons. The first-order valence-corrected chi connectivity index (χ1v) is 6.32. The molecule has 1 heterocycles. The smallest absolute Gasteiger partial charge is 0.261 e. The first-order valence-electron chi connectivity index (χ1n) is 6.32. The molecule has 3 nitrogen and oxygen atoms in total. The molecule has 1 aromatic rings. The van der Waals surface area contributed by atoms with Crippen molar-refractivity contribution in [3.8, 4) is 0 Å². The predicted molar refractivity (Wildman–Crippen MR) is 70.5 cm³/mol. The van der Waals surface area contributed by atoms with Gasteiger partial charge in [-0.15, -0.1) is 6.58 Å². The number of nitrogens with zero attached hydrogens (tertiary/aromatic N) is 1. The number of benzene rings is 1. The van der Waals surface area contributed by atoms with Crippen LogP contribution in [0, 0.1) is 0 Å². The maximum absolute atomic E-state index is 12.0. The highest BCUT2D eigenvalue weighted by Crippen LogP contribution is 2.22. The molecule has 0 saturated carbocycles. The first-order chi connectivity index (χ1) is 8.75. The van der Waals surface area contributed by atoms with E-state index in [0.29, 0.717) is 17.7 Å². The van der Waals surface area contributed by atoms with E-state index in [2.05, 4.69) is 6.58 Å². The highest BCUT2D eigenvalue weighted by atomic mass is 16.2. The quantitative estimate of drug-likeness (QED) is 0.437. The van der Waals surface area contributed by atoms with Crippen molar-refractivity contribution in [1.82, 2.24) is 4.90 Å². The molecule has 0 aromatic heterocycles. The highest BCUT2D eigenvalue weighted by Gasteiger charge is 2.34. The molecule has 2 amide bonds. The number of hydrogen-bond acceptors (Lipinski definition) is 2. The normalized spacial score (nSPS) is 13.9. The van der Waals surface area contributed by atoms with Crippen LogP contribution in [0.2, 0.25) is 0 Å². The van der Waals surface area contributed by atoms with Gasteiger partial charge in [-0.05, 0) is 31.4 Å². The average Bonchev–Trinajstić information content (AvgIpc) is 2.64. The zero-order valence-corrected chi connectivity index (χ0v) is 10.4. The number of fused-ring (bicyclic) bond motifs is 1. The third-order valence-corrected chi connectivity index (χ3v) is 3.17. The van der Waals surface area contributed by atoms with E-state index in [9.17, 15) is 9.59 Å². The molecular weight excluding hydrogens is 226 g/mol. The number of allylic oxidation sites excluding steroid dienone is 1. The van der Waals surface area contributed by atoms with E-state index >= 15 is 0 Å². The second kappa shape index (κ2) is 5.63. The predicted octanol–water partition coefficient (Wildman–Crippen LogP) is 3.03. The molecule has 1 aromatic carbocycles. The van der Waals surface area contributed by atoms with Crippen LogP contribution in [0.25, 0.3) is 0 Å². The fourth-order valence-corrected chi connectivity index (χ4v) is 2.18. The highest BCUT2D eigenvalue weighted by molar-refractivity contribution is 6.21. The minimum atomic E-state index is -0.153. The molecule has 0 bridgehead atoms. The molecule has 0 atom stereocenters. The summed E-state index contributed by atoms with van der Waals surface area (Å²) in [6, 6.07) is 7.01. The summed E-state index contributed by atoms with van der Waals surface area (Å²) in [7, 11) is 0. The average molecular weight is 243 g/mol. The molecular formula is C15H17NO2. The van der Waals surface area contributed by atoms with Crippen molar-refractivity contribution in [3.63, 3.8) is 0 Å². The van der Waals surface area contributed by atoms with Crippen molar-refractivity contribution in [2.24, 2.45) is 0 Å². The van der Waals surface area contributed by atoms with Gasteiger partial charge < -0.3 is 0 Å². The lowest BCUT2D eigenvalue weighted by molar-refractivity contribution is 0.0651. The van der Waals surface area contributed by atoms with Crippen LogP contribution in [0.4, 0.5) is 0 Å². The lowest BCUT2D eigenvalue weighted by atomic mass is 10.1. The molecule has 0 unspecified atom stereocenters. The van der Waals surface area contributed by atoms with Gasteiger partial charge in [-0.25, -0.2) is 0 Å². The van der Waals surface area contributed by atoms with E-state index in [4.69, 9.17) is 0 Å². The minimum absolute atomic E-state index is 0.153. The zero-order chi connectivity index (χ0) is 13.0. The SMILES string of the molecule is C=CCCCCCN1C(=O)c2ccccc2C1=O. The Morgan fingerprint density at radius 2 is 1.61 bits per heavy atom. The standard InChI is InChI=1S/C15H17NO2/c1-2-3-4-5-8-11-16-14(17)12-9-6-7-10-13(12)15(16)18/h2,6-7,9-10H,1,3-5,8,11H2. The fourth-order valence-electron chi connectivity index (χ4n) is 2.18. The third kappa shape index (κ3) is 2.35. The summed E-state index contributed by atoms with van der Waals surface area (Å²) in [5, 5.41) is 0. The van der Waals surface area contributed by atoms with Crippen LogP contribution in [-0.4, -0.2) is 23.3 Å². The van der Waals surface area contributed by atoms with Crippen LogP contribution in [-0.2, 0) is 0 Å². The van der Waals surface area contributed by atoms with Crippen molar-refractivity contribution in [2.75, 3.05) is 6.54 Å². The number of unbranched alkanes of at least 4 members (excludes halogenated alkanes) is 3. The molecule has 18 heavy (non-hydrogen) atoms. The van der Waals surface area contributed by atoms with E-state index in [1.54, 1.807) is 24.3 Å². The number of carbonyl (C=O) groups is 2. The molecule has 2 rings (SSSR count). The second-order valence-electron chi connectivity index (χ2n) is 4.45. The second-order valence-corrected chi connectivity index (χ2v) is 4.45. The van der Waals surface area contributed by atoms with Crippen molar-refractivity contribution in [1.29, 1.82) is 0 Å². The summed E-state index contributed by atoms with van der Waals surface area (Å²) in [5.41, 5.74) is 1.07. The van der Waals surface area contributed by atoms with Gasteiger partial charge in [0, 0.05) is 6.54 Å². The first kappa shape index (κ1) is 12.6. The van der Waals surface area contributed by atoms with Gasteiger partial charge in [-0.3, -0.25) is 14.5 Å². The molecule has 94 valence electrons. The molecule has 1 aliphatic rings. The number of amides is 2. The summed E-state index contributed by atoms with van der Waals surface area (Å²) in [6.07, 6.45) is 5.82. The number of carbonyl (C=O) groups excluding carboxylic acids is 2. The number of imide groups is 1. The van der Waals surface area contributed by atoms with Gasteiger partial charge in [0.1, 0.15) is 0 Å². The number of hydrogen-bond donors (Lipinski definition) is 0. The molecule has 1 aliphatic heterocycles. The Kier molecular flexibility index (Phi) is 3.92. The van der Waals surface area contributed by atoms with E-state index in [1.807, 2.05) is 6.08 Å². The largest absolute Gasteiger partial charge is 0.274 e. The minimum Gasteiger partial charge on any atom is -0.274 e. The summed E-state index contributed by atoms with van der Waals surface area (Å²) in [6.45, 7) is 4.19. The van der Waals surface area contributed by atoms with Crippen molar-refractivity contribution >= 4 is 11.8 Å². The van der Waals surface area contributed by atoms with Gasteiger partial charge in [0.25, 0.3) is 11.8 Å². The molecule has 0 N–H and O–H groups in total. The van der Waals surface area contributed by atoms with Crippen LogP contribution in [0.5, 0.6) is 0 Å². The van der Waals surface area contributed by atoms with Gasteiger partial charge in [0.05, 0.1) is 11.1 Å². The maximum atomic E-state index is 12.0. The lowest BCUT2D eigenvalue weighted by Crippen LogP contribution is -2.30. The van der Waals surface area contributed by atoms with Crippen LogP contribution in [0.1, 0.15) is 46.4 Å². The summed E-state index contributed by atoms with van der Waals surface area (Å²) < 4.78 is 0. The topological polar surface area (TPSA) is 37.4 Å². The van der Waals surface area contributed by atoms with E-state index in [1.165, 1.54) is 4.90 Å². The Balaban J connectivity index is 1.94. The van der Waals surface area contributed by atoms with Crippen molar-refractivity contribution in [3.05, 3.63) is 48.0 Å².